The first-order valence-electron chi connectivity index (χ1n) is 8.83. The highest BCUT2D eigenvalue weighted by atomic mass is 16.3. The van der Waals surface area contributed by atoms with E-state index in [0.717, 1.165) is 37.7 Å². The monoisotopic (exact) mass is 327 g/mol. The molecule has 0 bridgehead atoms. The minimum atomic E-state index is 0.119. The average Bonchev–Trinajstić information content (AvgIpc) is 2.58. The SMILES string of the molecule is C=CC/C=C\C/C=C\CCCCCCCc1cc(O)cc(N=O)c1. The van der Waals surface area contributed by atoms with E-state index in [9.17, 15) is 10.0 Å². The molecule has 3 heteroatoms. The lowest BCUT2D eigenvalue weighted by Crippen LogP contribution is -1.86. The van der Waals surface area contributed by atoms with Gasteiger partial charge in [0.15, 0.2) is 0 Å². The fourth-order valence-corrected chi connectivity index (χ4v) is 2.56. The van der Waals surface area contributed by atoms with Crippen LogP contribution in [0.2, 0.25) is 0 Å². The molecule has 0 atom stereocenters. The lowest BCUT2D eigenvalue weighted by Gasteiger charge is -2.03. The lowest BCUT2D eigenvalue weighted by molar-refractivity contribution is 0.474. The fourth-order valence-electron chi connectivity index (χ4n) is 2.56. The van der Waals surface area contributed by atoms with Gasteiger partial charge in [0.05, 0.1) is 0 Å². The van der Waals surface area contributed by atoms with Crippen molar-refractivity contribution in [1.29, 1.82) is 0 Å². The van der Waals surface area contributed by atoms with E-state index in [1.54, 1.807) is 12.1 Å². The number of rotatable bonds is 13. The highest BCUT2D eigenvalue weighted by Crippen LogP contribution is 2.23. The Labute approximate surface area is 145 Å². The maximum absolute atomic E-state index is 10.5. The third-order valence-electron chi connectivity index (χ3n) is 3.81. The summed E-state index contributed by atoms with van der Waals surface area (Å²) in [6, 6.07) is 4.85. The van der Waals surface area contributed by atoms with Gasteiger partial charge in [-0.15, -0.1) is 11.5 Å². The standard InChI is InChI=1S/C21H29NO2/c1-2-3-4-5-6-7-8-9-10-11-12-13-14-15-19-16-20(22-24)18-21(23)17-19/h2,4-5,7-8,16-18,23H,1,3,6,9-15H2/b5-4-,8-7-. The third kappa shape index (κ3) is 9.78. The zero-order valence-electron chi connectivity index (χ0n) is 14.5. The number of nitrogens with zero attached hydrogens (tertiary/aromatic N) is 1. The number of nitroso groups, excluding NO2 is 1. The van der Waals surface area contributed by atoms with Crippen molar-refractivity contribution in [2.24, 2.45) is 5.18 Å². The largest absolute Gasteiger partial charge is 0.508 e. The Morgan fingerprint density at radius 3 is 2.42 bits per heavy atom. The smallest absolute Gasteiger partial charge is 0.118 e. The van der Waals surface area contributed by atoms with Crippen LogP contribution in [0.25, 0.3) is 0 Å². The van der Waals surface area contributed by atoms with Gasteiger partial charge in [-0.05, 0) is 61.4 Å². The topological polar surface area (TPSA) is 49.7 Å². The molecule has 0 spiro atoms. The number of phenolic OH excluding ortho intramolecular Hbond substituents is 1. The van der Waals surface area contributed by atoms with Crippen molar-refractivity contribution < 1.29 is 5.11 Å². The van der Waals surface area contributed by atoms with Crippen molar-refractivity contribution in [3.05, 3.63) is 65.6 Å². The van der Waals surface area contributed by atoms with Gasteiger partial charge in [0.2, 0.25) is 0 Å². The molecule has 1 N–H and O–H groups in total. The first-order valence-corrected chi connectivity index (χ1v) is 8.83. The maximum Gasteiger partial charge on any atom is 0.118 e. The highest BCUT2D eigenvalue weighted by Gasteiger charge is 2.00. The molecule has 24 heavy (non-hydrogen) atoms. The van der Waals surface area contributed by atoms with Gasteiger partial charge in [0, 0.05) is 6.07 Å². The summed E-state index contributed by atoms with van der Waals surface area (Å²) in [5, 5.41) is 12.4. The summed E-state index contributed by atoms with van der Waals surface area (Å²) >= 11 is 0. The summed E-state index contributed by atoms with van der Waals surface area (Å²) in [6.45, 7) is 3.68. The van der Waals surface area contributed by atoms with Crippen LogP contribution in [0.3, 0.4) is 0 Å². The van der Waals surface area contributed by atoms with Gasteiger partial charge in [-0.2, -0.15) is 0 Å². The van der Waals surface area contributed by atoms with Crippen LogP contribution >= 0.6 is 0 Å². The van der Waals surface area contributed by atoms with Crippen molar-refractivity contribution in [1.82, 2.24) is 0 Å². The van der Waals surface area contributed by atoms with E-state index < -0.39 is 0 Å². The third-order valence-corrected chi connectivity index (χ3v) is 3.81. The number of aryl methyl sites for hydroxylation is 1. The molecule has 0 aromatic heterocycles. The zero-order chi connectivity index (χ0) is 17.5. The van der Waals surface area contributed by atoms with Crippen molar-refractivity contribution in [3.63, 3.8) is 0 Å². The van der Waals surface area contributed by atoms with E-state index in [1.807, 2.05) is 6.08 Å². The zero-order valence-corrected chi connectivity index (χ0v) is 14.5. The van der Waals surface area contributed by atoms with Gasteiger partial charge in [-0.1, -0.05) is 49.6 Å². The molecule has 0 aliphatic heterocycles. The number of allylic oxidation sites excluding steroid dienone is 5. The van der Waals surface area contributed by atoms with Crippen molar-refractivity contribution in [2.75, 3.05) is 0 Å². The number of hydrogen-bond acceptors (Lipinski definition) is 3. The van der Waals surface area contributed by atoms with E-state index >= 15 is 0 Å². The second-order valence-electron chi connectivity index (χ2n) is 5.96. The molecule has 0 unspecified atom stereocenters. The predicted octanol–water partition coefficient (Wildman–Crippen LogP) is 6.75. The summed E-state index contributed by atoms with van der Waals surface area (Å²) in [6.07, 6.45) is 20.6. The Balaban J connectivity index is 2.02. The summed E-state index contributed by atoms with van der Waals surface area (Å²) in [4.78, 5) is 10.5. The summed E-state index contributed by atoms with van der Waals surface area (Å²) in [5.41, 5.74) is 1.29. The van der Waals surface area contributed by atoms with E-state index in [1.165, 1.54) is 31.7 Å². The van der Waals surface area contributed by atoms with Crippen LogP contribution in [0.15, 0.2) is 60.3 Å². The maximum atomic E-state index is 10.5. The Morgan fingerprint density at radius 2 is 1.62 bits per heavy atom. The molecular weight excluding hydrogens is 298 g/mol. The molecule has 0 aliphatic carbocycles. The van der Waals surface area contributed by atoms with Crippen LogP contribution in [-0.4, -0.2) is 5.11 Å². The first-order chi connectivity index (χ1) is 11.8. The number of hydrogen-bond donors (Lipinski definition) is 1. The molecular formula is C21H29NO2. The molecule has 0 saturated carbocycles. The molecule has 1 rings (SSSR count). The number of phenols is 1. The normalized spacial score (nSPS) is 11.3. The molecule has 3 nitrogen and oxygen atoms in total. The van der Waals surface area contributed by atoms with Gasteiger partial charge in [0.1, 0.15) is 11.4 Å². The molecule has 0 radical (unpaired) electrons. The van der Waals surface area contributed by atoms with Gasteiger partial charge >= 0.3 is 0 Å². The van der Waals surface area contributed by atoms with Crippen LogP contribution < -0.4 is 0 Å². The lowest BCUT2D eigenvalue weighted by atomic mass is 10.0. The van der Waals surface area contributed by atoms with Gasteiger partial charge in [-0.25, -0.2) is 0 Å². The number of benzene rings is 1. The summed E-state index contributed by atoms with van der Waals surface area (Å²) in [5.74, 6) is 0.119. The molecule has 0 aliphatic rings. The molecule has 0 amide bonds. The van der Waals surface area contributed by atoms with Crippen molar-refractivity contribution in [3.8, 4) is 5.75 Å². The first kappa shape index (κ1) is 19.9. The Morgan fingerprint density at radius 1 is 0.917 bits per heavy atom. The van der Waals surface area contributed by atoms with Crippen LogP contribution in [0.1, 0.15) is 56.9 Å². The van der Waals surface area contributed by atoms with E-state index in [4.69, 9.17) is 0 Å². The summed E-state index contributed by atoms with van der Waals surface area (Å²) < 4.78 is 0. The van der Waals surface area contributed by atoms with Crippen LogP contribution in [0, 0.1) is 4.91 Å². The number of unbranched alkanes of at least 4 members (excludes halogenated alkanes) is 5. The minimum absolute atomic E-state index is 0.119. The predicted molar refractivity (Wildman–Crippen MR) is 103 cm³/mol. The molecule has 0 heterocycles. The second-order valence-corrected chi connectivity index (χ2v) is 5.96. The van der Waals surface area contributed by atoms with Crippen LogP contribution in [-0.2, 0) is 6.42 Å². The van der Waals surface area contributed by atoms with Crippen LogP contribution in [0.4, 0.5) is 5.69 Å². The molecule has 0 saturated heterocycles. The molecule has 130 valence electrons. The van der Waals surface area contributed by atoms with E-state index in [2.05, 4.69) is 36.1 Å². The number of aromatic hydroxyl groups is 1. The molecule has 1 aromatic rings. The minimum Gasteiger partial charge on any atom is -0.508 e. The van der Waals surface area contributed by atoms with Gasteiger partial charge in [0.25, 0.3) is 0 Å². The Kier molecular flexibility index (Phi) is 11.0. The Bertz CT molecular complexity index is 547. The van der Waals surface area contributed by atoms with E-state index in [-0.39, 0.29) is 5.75 Å². The van der Waals surface area contributed by atoms with Crippen molar-refractivity contribution >= 4 is 5.69 Å². The van der Waals surface area contributed by atoms with Crippen LogP contribution in [0.5, 0.6) is 5.75 Å². The summed E-state index contributed by atoms with van der Waals surface area (Å²) in [7, 11) is 0. The highest BCUT2D eigenvalue weighted by molar-refractivity contribution is 5.46. The second kappa shape index (κ2) is 13.3. The average molecular weight is 327 g/mol. The van der Waals surface area contributed by atoms with Gasteiger partial charge in [-0.3, -0.25) is 0 Å². The van der Waals surface area contributed by atoms with Crippen molar-refractivity contribution in [2.45, 2.75) is 57.8 Å². The molecule has 1 aromatic carbocycles. The fraction of sp³-hybridized carbons (Fsp3) is 0.429. The van der Waals surface area contributed by atoms with E-state index in [0.29, 0.717) is 5.69 Å². The molecule has 0 fully saturated rings. The Hall–Kier alpha value is -2.16. The quantitative estimate of drug-likeness (QED) is 0.247. The van der Waals surface area contributed by atoms with Gasteiger partial charge < -0.3 is 5.11 Å².